The number of aromatic hydroxyl groups is 26. The van der Waals surface area contributed by atoms with E-state index in [2.05, 4.69) is 21.3 Å². The lowest BCUT2D eigenvalue weighted by Crippen LogP contribution is -2.30. The Labute approximate surface area is 727 Å². The SMILES string of the molecule is O=C(/C=C/c1ccc(O)c(O)c1)c1ccc(O)c(O)c1.O=C(Cc1ccc(O)c(O)c1)c1ccc(O)c(O)c1.O=C(NCCc1ccc(O)c(O)c1)Nc1ccc(O)c(O)c1.O=C(Nc1ccc(O)c(O)c1)Nc1ccc(O)c(O)c1.Oc1ccc(CCCc2ccc(O)c(O)c2)cc1O.Oc1ccc(CN(Cc2ccc(O)c(O)c2)Cc2ccc(O)c(O)c2)cc1O. The molecule has 0 aliphatic rings. The highest BCUT2D eigenvalue weighted by molar-refractivity contribution is 6.07. The molecule has 0 aliphatic carbocycles. The molecule has 0 unspecified atom stereocenters. The van der Waals surface area contributed by atoms with Crippen LogP contribution in [0.2, 0.25) is 0 Å². The van der Waals surface area contributed by atoms with Crippen LogP contribution in [0.3, 0.4) is 0 Å². The fraction of sp³-hybridized carbons (Fsp3) is 0.0968. The van der Waals surface area contributed by atoms with Gasteiger partial charge in [-0.05, 0) is 246 Å². The number of anilines is 3. The van der Waals surface area contributed by atoms with E-state index in [4.69, 9.17) is 30.6 Å². The zero-order valence-corrected chi connectivity index (χ0v) is 67.2. The second kappa shape index (κ2) is 45.2. The Kier molecular flexibility index (Phi) is 33.8. The molecule has 13 aromatic carbocycles. The second-order valence-electron chi connectivity index (χ2n) is 28.0. The number of benzene rings is 13. The minimum absolute atomic E-state index is 0.0120. The van der Waals surface area contributed by atoms with Crippen LogP contribution in [0.4, 0.5) is 26.7 Å². The molecular formula is C93H89N5O30. The number of Topliss-reactive ketones (excluding diaryl/α,β-unsaturated/α-hetero) is 1. The third kappa shape index (κ3) is 29.8. The van der Waals surface area contributed by atoms with E-state index in [-0.39, 0.29) is 190 Å². The number of phenolic OH excluding ortho intramolecular Hbond substituents is 26. The molecule has 0 atom stereocenters. The van der Waals surface area contributed by atoms with Gasteiger partial charge in [-0.15, -0.1) is 0 Å². The average Bonchev–Trinajstić information content (AvgIpc) is 0.837. The smallest absolute Gasteiger partial charge is 0.323 e. The molecule has 0 radical (unpaired) electrons. The molecule has 0 aliphatic heterocycles. The fourth-order valence-electron chi connectivity index (χ4n) is 11.5. The molecule has 0 bridgehead atoms. The van der Waals surface area contributed by atoms with Crippen LogP contribution in [0.15, 0.2) is 243 Å². The van der Waals surface area contributed by atoms with Gasteiger partial charge in [-0.25, -0.2) is 9.59 Å². The predicted octanol–water partition coefficient (Wildman–Crippen LogP) is 14.2. The van der Waals surface area contributed by atoms with Gasteiger partial charge in [-0.2, -0.15) is 0 Å². The minimum atomic E-state index is -0.611. The van der Waals surface area contributed by atoms with Crippen molar-refractivity contribution in [1.82, 2.24) is 10.2 Å². The monoisotopic (exact) mass is 1760 g/mol. The number of carbonyl (C=O) groups is 4. The number of phenols is 26. The molecular weight excluding hydrogens is 1670 g/mol. The molecule has 0 saturated carbocycles. The maximum atomic E-state index is 11.9. The number of hydrogen-bond donors (Lipinski definition) is 30. The van der Waals surface area contributed by atoms with E-state index in [1.807, 2.05) is 4.90 Å². The van der Waals surface area contributed by atoms with E-state index >= 15 is 0 Å². The normalized spacial score (nSPS) is 10.5. The molecule has 128 heavy (non-hydrogen) atoms. The summed E-state index contributed by atoms with van der Waals surface area (Å²) in [4.78, 5) is 49.1. The summed E-state index contributed by atoms with van der Waals surface area (Å²) in [5.41, 5.74) is 7.35. The molecule has 0 spiro atoms. The van der Waals surface area contributed by atoms with Crippen LogP contribution in [0.25, 0.3) is 6.08 Å². The van der Waals surface area contributed by atoms with Crippen molar-refractivity contribution in [3.05, 3.63) is 298 Å². The van der Waals surface area contributed by atoms with E-state index in [0.717, 1.165) is 58.7 Å². The summed E-state index contributed by atoms with van der Waals surface area (Å²) in [5, 5.41) is 253. The molecule has 0 fully saturated rings. The molecule has 666 valence electrons. The van der Waals surface area contributed by atoms with E-state index in [1.54, 1.807) is 48.5 Å². The summed E-state index contributed by atoms with van der Waals surface area (Å²) in [6.45, 7) is 1.52. The third-order valence-corrected chi connectivity index (χ3v) is 18.2. The largest absolute Gasteiger partial charge is 0.504 e. The van der Waals surface area contributed by atoms with Crippen molar-refractivity contribution in [1.29, 1.82) is 0 Å². The summed E-state index contributed by atoms with van der Waals surface area (Å²) >= 11 is 0. The zero-order chi connectivity index (χ0) is 93.6. The first-order valence-electron chi connectivity index (χ1n) is 38.0. The Morgan fingerprint density at radius 1 is 0.242 bits per heavy atom. The van der Waals surface area contributed by atoms with Gasteiger partial charge < -0.3 is 154 Å². The van der Waals surface area contributed by atoms with Crippen LogP contribution in [0, 0.1) is 0 Å². The lowest BCUT2D eigenvalue weighted by Gasteiger charge is -2.23. The highest BCUT2D eigenvalue weighted by Gasteiger charge is 2.18. The number of ketones is 2. The van der Waals surface area contributed by atoms with Crippen molar-refractivity contribution in [3.63, 3.8) is 0 Å². The van der Waals surface area contributed by atoms with E-state index in [1.165, 1.54) is 194 Å². The lowest BCUT2D eigenvalue weighted by molar-refractivity contribution is 0.0991. The first kappa shape index (κ1) is 95.7. The maximum Gasteiger partial charge on any atom is 0.323 e. The van der Waals surface area contributed by atoms with Gasteiger partial charge >= 0.3 is 12.1 Å². The zero-order valence-electron chi connectivity index (χ0n) is 67.2. The molecule has 4 amide bonds. The molecule has 35 heteroatoms. The topological polar surface area (TPSA) is 646 Å². The van der Waals surface area contributed by atoms with Crippen molar-refractivity contribution < 1.29 is 152 Å². The highest BCUT2D eigenvalue weighted by atomic mass is 16.3. The van der Waals surface area contributed by atoms with Gasteiger partial charge in [0.1, 0.15) is 0 Å². The summed E-state index contributed by atoms with van der Waals surface area (Å²) in [5.74, 6) is -7.05. The number of aryl methyl sites for hydroxylation is 2. The number of nitrogens with one attached hydrogen (secondary N) is 4. The molecule has 0 aromatic heterocycles. The Balaban J connectivity index is 0.000000191. The van der Waals surface area contributed by atoms with Gasteiger partial charge in [0.15, 0.2) is 161 Å². The van der Waals surface area contributed by atoms with Crippen LogP contribution in [-0.4, -0.2) is 168 Å². The Hall–Kier alpha value is -17.8. The predicted molar refractivity (Wildman–Crippen MR) is 467 cm³/mol. The molecule has 0 heterocycles. The van der Waals surface area contributed by atoms with Gasteiger partial charge in [0.2, 0.25) is 0 Å². The number of rotatable bonds is 22. The van der Waals surface area contributed by atoms with E-state index in [0.29, 0.717) is 49.4 Å². The first-order valence-corrected chi connectivity index (χ1v) is 38.0. The standard InChI is InChI=1S/C21H21NO6.C15H16N2O5.C15H12O5.C15H16O4.C14H12O5.C13H12N2O5/c23-16-4-1-13(7-19(16)26)10-22(11-14-2-5-17(24)20(27)8-14)12-15-3-6-18(25)21(28)9-15;18-11-3-1-9(7-13(11)20)5-6-16-15(22)17-10-2-4-12(19)14(21)8-10;16-11(10-3-6-13(18)15(20)8-10)4-1-9-2-5-12(17)14(19)7-9;16-12-6-4-10(8-14(12)18)2-1-3-11-5-7-13(17)15(19)9-11;15-10-3-1-8(6-13(10)18)5-12(17)9-2-4-11(16)14(19)7-9;16-9-3-1-7(5-11(9)18)14-13(20)15-8-2-4-10(17)12(19)6-8/h1-9,23-28H,10-12H2;1-4,7-8,18-21H,5-6H2,(H2,16,17,22);1-8,17-20H;4-9,16-19H,1-3H2;1-4,6-7,15-16,18-19H,5H2;1-6,16-19H,(H2,14,15,20)/b;;4-1+;;;. The molecule has 35 nitrogen and oxygen atoms in total. The number of urea groups is 2. The number of hydrogen-bond acceptors (Lipinski definition) is 31. The summed E-state index contributed by atoms with van der Waals surface area (Å²) in [6, 6.07) is 54.1. The fourth-order valence-corrected chi connectivity index (χ4v) is 11.5. The van der Waals surface area contributed by atoms with Crippen LogP contribution in [0.5, 0.6) is 149 Å². The summed E-state index contributed by atoms with van der Waals surface area (Å²) in [7, 11) is 0. The Morgan fingerprint density at radius 2 is 0.500 bits per heavy atom. The molecule has 0 saturated heterocycles. The van der Waals surface area contributed by atoms with Crippen molar-refractivity contribution in [3.8, 4) is 149 Å². The van der Waals surface area contributed by atoms with Crippen LogP contribution >= 0.6 is 0 Å². The van der Waals surface area contributed by atoms with Gasteiger partial charge in [-0.1, -0.05) is 54.6 Å². The second-order valence-corrected chi connectivity index (χ2v) is 28.0. The summed E-state index contributed by atoms with van der Waals surface area (Å²) in [6.07, 6.45) is 5.57. The maximum absolute atomic E-state index is 11.9. The minimum Gasteiger partial charge on any atom is -0.504 e. The quantitative estimate of drug-likeness (QED) is 0.0130. The van der Waals surface area contributed by atoms with Crippen molar-refractivity contribution in [2.24, 2.45) is 0 Å². The van der Waals surface area contributed by atoms with Crippen LogP contribution in [-0.2, 0) is 45.3 Å². The Morgan fingerprint density at radius 3 is 0.836 bits per heavy atom. The van der Waals surface area contributed by atoms with Gasteiger partial charge in [0.05, 0.1) is 0 Å². The number of amides is 4. The van der Waals surface area contributed by atoms with E-state index < -0.39 is 12.1 Å². The number of allylic oxidation sites excluding steroid dienone is 1. The van der Waals surface area contributed by atoms with Gasteiger partial charge in [0, 0.05) is 79.0 Å². The van der Waals surface area contributed by atoms with Gasteiger partial charge in [0.25, 0.3) is 0 Å². The number of carbonyl (C=O) groups excluding carboxylic acids is 4. The molecule has 13 rings (SSSR count). The van der Waals surface area contributed by atoms with Crippen molar-refractivity contribution >= 4 is 46.8 Å². The highest BCUT2D eigenvalue weighted by Crippen LogP contribution is 2.37. The third-order valence-electron chi connectivity index (χ3n) is 18.2. The van der Waals surface area contributed by atoms with Crippen molar-refractivity contribution in [2.45, 2.75) is 51.7 Å². The number of nitrogens with zero attached hydrogens (tertiary/aromatic N) is 1. The van der Waals surface area contributed by atoms with E-state index in [9.17, 15) is 121 Å². The average molecular weight is 1760 g/mol. The Bertz CT molecular complexity index is 5890. The van der Waals surface area contributed by atoms with Crippen LogP contribution < -0.4 is 21.3 Å². The first-order chi connectivity index (χ1) is 60.7. The molecule has 13 aromatic rings. The van der Waals surface area contributed by atoms with Crippen molar-refractivity contribution in [2.75, 3.05) is 22.5 Å². The van der Waals surface area contributed by atoms with Gasteiger partial charge in [-0.3, -0.25) is 14.5 Å². The summed E-state index contributed by atoms with van der Waals surface area (Å²) < 4.78 is 0. The molecule has 30 N–H and O–H groups in total. The van der Waals surface area contributed by atoms with Crippen LogP contribution in [0.1, 0.15) is 71.6 Å². The lowest BCUT2D eigenvalue weighted by atomic mass is 10.0.